The molecular weight excluding hydrogens is 116 g/mol. The van der Waals surface area contributed by atoms with Gasteiger partial charge in [-0.2, -0.15) is 0 Å². The molecule has 0 aromatic rings. The number of carbonyl (C=O) groups excluding carboxylic acids is 1. The second-order valence-electron chi connectivity index (χ2n) is 2.04. The summed E-state index contributed by atoms with van der Waals surface area (Å²) in [6.07, 6.45) is 1.90. The first kappa shape index (κ1) is 8.21. The maximum absolute atomic E-state index is 10.4. The van der Waals surface area contributed by atoms with Gasteiger partial charge in [0.05, 0.1) is 6.26 Å². The van der Waals surface area contributed by atoms with Crippen LogP contribution in [0.3, 0.4) is 0 Å². The van der Waals surface area contributed by atoms with Gasteiger partial charge in [-0.15, -0.1) is 0 Å². The molecule has 0 amide bonds. The molecule has 9 heavy (non-hydrogen) atoms. The number of allylic oxidation sites excluding steroid dienone is 1. The zero-order chi connectivity index (χ0) is 7.28. The lowest BCUT2D eigenvalue weighted by Gasteiger charge is -1.93. The fourth-order valence-electron chi connectivity index (χ4n) is 0.267. The van der Waals surface area contributed by atoms with Crippen LogP contribution >= 0.6 is 0 Å². The molecule has 0 spiro atoms. The zero-order valence-corrected chi connectivity index (χ0v) is 6.10. The highest BCUT2D eigenvalue weighted by molar-refractivity contribution is 5.69. The predicted octanol–water partition coefficient (Wildman–Crippen LogP) is 1.86. The molecule has 0 radical (unpaired) electrons. The maximum atomic E-state index is 10.4. The first-order valence-electron chi connectivity index (χ1n) is 2.99. The van der Waals surface area contributed by atoms with Crippen LogP contribution < -0.4 is 0 Å². The average Bonchev–Trinajstić information content (AvgIpc) is 1.83. The van der Waals surface area contributed by atoms with Gasteiger partial charge >= 0.3 is 5.97 Å². The molecule has 0 saturated heterocycles. The Balaban J connectivity index is 3.50. The van der Waals surface area contributed by atoms with Crippen LogP contribution in [0, 0.1) is 0 Å². The number of hydrogen-bond acceptors (Lipinski definition) is 2. The Kier molecular flexibility index (Phi) is 3.76. The monoisotopic (exact) mass is 128 g/mol. The molecule has 2 heteroatoms. The van der Waals surface area contributed by atoms with E-state index in [1.165, 1.54) is 6.26 Å². The first-order valence-corrected chi connectivity index (χ1v) is 2.99. The highest BCUT2D eigenvalue weighted by atomic mass is 16.5. The van der Waals surface area contributed by atoms with Crippen LogP contribution in [0.15, 0.2) is 11.8 Å². The van der Waals surface area contributed by atoms with Gasteiger partial charge in [-0.1, -0.05) is 6.92 Å². The Bertz CT molecular complexity index is 121. The van der Waals surface area contributed by atoms with Crippen LogP contribution in [0.1, 0.15) is 27.2 Å². The Morgan fingerprint density at radius 3 is 2.44 bits per heavy atom. The molecule has 0 rings (SSSR count). The molecule has 52 valence electrons. The summed E-state index contributed by atoms with van der Waals surface area (Å²) < 4.78 is 4.65. The largest absolute Gasteiger partial charge is 0.435 e. The van der Waals surface area contributed by atoms with Gasteiger partial charge in [0.1, 0.15) is 0 Å². The van der Waals surface area contributed by atoms with Crippen molar-refractivity contribution in [3.05, 3.63) is 11.8 Å². The molecule has 0 aliphatic carbocycles. The van der Waals surface area contributed by atoms with E-state index in [0.29, 0.717) is 6.42 Å². The van der Waals surface area contributed by atoms with Crippen molar-refractivity contribution in [1.29, 1.82) is 0 Å². The minimum absolute atomic E-state index is 0.184. The van der Waals surface area contributed by atoms with Crippen molar-refractivity contribution < 1.29 is 9.53 Å². The lowest BCUT2D eigenvalue weighted by molar-refractivity contribution is -0.137. The molecule has 0 heterocycles. The van der Waals surface area contributed by atoms with Gasteiger partial charge in [0.2, 0.25) is 0 Å². The maximum Gasteiger partial charge on any atom is 0.310 e. The predicted molar refractivity (Wildman–Crippen MR) is 35.8 cm³/mol. The number of rotatable bonds is 2. The Morgan fingerprint density at radius 2 is 2.11 bits per heavy atom. The molecule has 0 aromatic heterocycles. The van der Waals surface area contributed by atoms with Crippen molar-refractivity contribution in [2.24, 2.45) is 0 Å². The smallest absolute Gasteiger partial charge is 0.310 e. The van der Waals surface area contributed by atoms with E-state index in [4.69, 9.17) is 0 Å². The van der Waals surface area contributed by atoms with E-state index >= 15 is 0 Å². The van der Waals surface area contributed by atoms with E-state index in [2.05, 4.69) is 4.74 Å². The second kappa shape index (κ2) is 4.13. The van der Waals surface area contributed by atoms with Crippen molar-refractivity contribution in [2.45, 2.75) is 27.2 Å². The quantitative estimate of drug-likeness (QED) is 0.419. The SMILES string of the molecule is CCC(=O)OC=C(C)C. The van der Waals surface area contributed by atoms with Crippen LogP contribution in [-0.4, -0.2) is 5.97 Å². The Labute approximate surface area is 55.5 Å². The van der Waals surface area contributed by atoms with Gasteiger partial charge in [0, 0.05) is 6.42 Å². The molecule has 0 aliphatic rings. The Morgan fingerprint density at radius 1 is 1.56 bits per heavy atom. The van der Waals surface area contributed by atoms with Crippen molar-refractivity contribution in [3.8, 4) is 0 Å². The van der Waals surface area contributed by atoms with Crippen molar-refractivity contribution >= 4 is 5.97 Å². The number of carbonyl (C=O) groups is 1. The van der Waals surface area contributed by atoms with Crippen LogP contribution in [0.25, 0.3) is 0 Å². The molecule has 0 N–H and O–H groups in total. The third kappa shape index (κ3) is 5.07. The van der Waals surface area contributed by atoms with Crippen molar-refractivity contribution in [2.75, 3.05) is 0 Å². The van der Waals surface area contributed by atoms with Gasteiger partial charge in [-0.3, -0.25) is 4.79 Å². The van der Waals surface area contributed by atoms with Crippen LogP contribution in [0.4, 0.5) is 0 Å². The van der Waals surface area contributed by atoms with E-state index in [0.717, 1.165) is 5.57 Å². The highest BCUT2D eigenvalue weighted by Gasteiger charge is 1.92. The lowest BCUT2D eigenvalue weighted by atomic mass is 10.4. The molecule has 2 nitrogen and oxygen atoms in total. The van der Waals surface area contributed by atoms with E-state index in [-0.39, 0.29) is 5.97 Å². The standard InChI is InChI=1S/C7H12O2/c1-4-7(8)9-5-6(2)3/h5H,4H2,1-3H3. The summed E-state index contributed by atoms with van der Waals surface area (Å²) in [6.45, 7) is 5.52. The third-order valence-corrected chi connectivity index (χ3v) is 0.715. The summed E-state index contributed by atoms with van der Waals surface area (Å²) in [5, 5.41) is 0. The number of ether oxygens (including phenoxy) is 1. The molecule has 0 unspecified atom stereocenters. The van der Waals surface area contributed by atoms with E-state index < -0.39 is 0 Å². The van der Waals surface area contributed by atoms with E-state index in [1.54, 1.807) is 6.92 Å². The van der Waals surface area contributed by atoms with E-state index in [1.807, 2.05) is 13.8 Å². The molecular formula is C7H12O2. The molecule has 0 fully saturated rings. The number of esters is 1. The first-order chi connectivity index (χ1) is 4.16. The fraction of sp³-hybridized carbons (Fsp3) is 0.571. The molecule has 0 bridgehead atoms. The molecule has 0 aromatic carbocycles. The van der Waals surface area contributed by atoms with Crippen LogP contribution in [0.5, 0.6) is 0 Å². The van der Waals surface area contributed by atoms with Gasteiger partial charge in [-0.25, -0.2) is 0 Å². The molecule has 0 atom stereocenters. The van der Waals surface area contributed by atoms with Crippen molar-refractivity contribution in [1.82, 2.24) is 0 Å². The minimum atomic E-state index is -0.184. The van der Waals surface area contributed by atoms with Gasteiger partial charge in [-0.05, 0) is 19.4 Å². The summed E-state index contributed by atoms with van der Waals surface area (Å²) in [6, 6.07) is 0. The summed E-state index contributed by atoms with van der Waals surface area (Å²) in [5.41, 5.74) is 0.997. The topological polar surface area (TPSA) is 26.3 Å². The minimum Gasteiger partial charge on any atom is -0.435 e. The second-order valence-corrected chi connectivity index (χ2v) is 2.04. The number of hydrogen-bond donors (Lipinski definition) is 0. The normalized spacial score (nSPS) is 8.33. The summed E-state index contributed by atoms with van der Waals surface area (Å²) >= 11 is 0. The molecule has 0 aliphatic heterocycles. The van der Waals surface area contributed by atoms with E-state index in [9.17, 15) is 4.79 Å². The van der Waals surface area contributed by atoms with Gasteiger partial charge in [0.15, 0.2) is 0 Å². The zero-order valence-electron chi connectivity index (χ0n) is 6.10. The highest BCUT2D eigenvalue weighted by Crippen LogP contribution is 1.91. The van der Waals surface area contributed by atoms with Crippen molar-refractivity contribution in [3.63, 3.8) is 0 Å². The van der Waals surface area contributed by atoms with Crippen LogP contribution in [0.2, 0.25) is 0 Å². The third-order valence-electron chi connectivity index (χ3n) is 0.715. The average molecular weight is 128 g/mol. The lowest BCUT2D eigenvalue weighted by Crippen LogP contribution is -1.95. The summed E-state index contributed by atoms with van der Waals surface area (Å²) in [4.78, 5) is 10.4. The van der Waals surface area contributed by atoms with Gasteiger partial charge in [0.25, 0.3) is 0 Å². The van der Waals surface area contributed by atoms with Crippen LogP contribution in [-0.2, 0) is 9.53 Å². The Hall–Kier alpha value is -0.790. The summed E-state index contributed by atoms with van der Waals surface area (Å²) in [7, 11) is 0. The van der Waals surface area contributed by atoms with Gasteiger partial charge < -0.3 is 4.74 Å². The fourth-order valence-corrected chi connectivity index (χ4v) is 0.267. The summed E-state index contributed by atoms with van der Waals surface area (Å²) in [5.74, 6) is -0.184. The molecule has 0 saturated carbocycles.